The number of aromatic amines is 1. The Balaban J connectivity index is 1.83. The Labute approximate surface area is 237 Å². The lowest BCUT2D eigenvalue weighted by Crippen LogP contribution is -2.44. The summed E-state index contributed by atoms with van der Waals surface area (Å²) in [5.41, 5.74) is 2.62. The Morgan fingerprint density at radius 2 is 1.98 bits per heavy atom. The van der Waals surface area contributed by atoms with Crippen LogP contribution in [0.15, 0.2) is 41.3 Å². The Bertz CT molecular complexity index is 1510. The molecule has 41 heavy (non-hydrogen) atoms. The van der Waals surface area contributed by atoms with E-state index in [2.05, 4.69) is 25.3 Å². The standard InChI is InChI=1S/C29H37FN6O5/c1-17(2)13-20-21(30)15-31-24-14-19(32-26(20)24)16-36-18(3)11-12-23(28(36)39)33-27(38)22(34-29(40)41-6)9-7-8-10-25(37)35(4)5/h8,10-12,14-15,17,22,32H,7,9,13,16H2,1-6H3,(H,33,38)(H,34,40)/b10-8+. The van der Waals surface area contributed by atoms with Crippen molar-refractivity contribution in [3.63, 3.8) is 0 Å². The van der Waals surface area contributed by atoms with Crippen molar-refractivity contribution in [1.82, 2.24) is 24.8 Å². The zero-order valence-electron chi connectivity index (χ0n) is 24.2. The van der Waals surface area contributed by atoms with Crippen LogP contribution < -0.4 is 16.2 Å². The molecule has 220 valence electrons. The van der Waals surface area contributed by atoms with Crippen LogP contribution in [0.4, 0.5) is 14.9 Å². The van der Waals surface area contributed by atoms with E-state index in [9.17, 15) is 23.6 Å². The first-order valence-electron chi connectivity index (χ1n) is 13.3. The Morgan fingerprint density at radius 3 is 2.63 bits per heavy atom. The normalized spacial score (nSPS) is 12.1. The smallest absolute Gasteiger partial charge is 0.407 e. The summed E-state index contributed by atoms with van der Waals surface area (Å²) >= 11 is 0. The van der Waals surface area contributed by atoms with Crippen molar-refractivity contribution in [3.05, 3.63) is 69.7 Å². The summed E-state index contributed by atoms with van der Waals surface area (Å²) in [5.74, 6) is -0.966. The van der Waals surface area contributed by atoms with Gasteiger partial charge in [-0.3, -0.25) is 19.4 Å². The van der Waals surface area contributed by atoms with Gasteiger partial charge in [-0.1, -0.05) is 19.9 Å². The number of alkyl carbamates (subject to hydrolysis) is 1. The molecule has 11 nitrogen and oxygen atoms in total. The molecule has 0 spiro atoms. The number of ether oxygens (including phenoxy) is 1. The number of hydrogen-bond donors (Lipinski definition) is 3. The lowest BCUT2D eigenvalue weighted by molar-refractivity contribution is -0.123. The summed E-state index contributed by atoms with van der Waals surface area (Å²) in [6, 6.07) is 3.95. The molecule has 12 heteroatoms. The lowest BCUT2D eigenvalue weighted by Gasteiger charge is -2.18. The Morgan fingerprint density at radius 1 is 1.24 bits per heavy atom. The van der Waals surface area contributed by atoms with Gasteiger partial charge in [0.1, 0.15) is 17.5 Å². The van der Waals surface area contributed by atoms with Crippen LogP contribution in [-0.4, -0.2) is 64.6 Å². The van der Waals surface area contributed by atoms with Crippen LogP contribution >= 0.6 is 0 Å². The van der Waals surface area contributed by atoms with Gasteiger partial charge in [0.05, 0.1) is 30.9 Å². The third-order valence-corrected chi connectivity index (χ3v) is 6.47. The maximum absolute atomic E-state index is 14.5. The maximum atomic E-state index is 14.5. The van der Waals surface area contributed by atoms with Crippen LogP contribution in [0.3, 0.4) is 0 Å². The molecule has 3 aromatic rings. The van der Waals surface area contributed by atoms with Gasteiger partial charge in [-0.25, -0.2) is 9.18 Å². The van der Waals surface area contributed by atoms with Crippen LogP contribution in [-0.2, 0) is 27.3 Å². The molecule has 3 aromatic heterocycles. The summed E-state index contributed by atoms with van der Waals surface area (Å²) in [4.78, 5) is 58.9. The van der Waals surface area contributed by atoms with Crippen LogP contribution in [0.1, 0.15) is 43.6 Å². The van der Waals surface area contributed by atoms with Crippen LogP contribution in [0, 0.1) is 18.7 Å². The molecule has 1 atom stereocenters. The van der Waals surface area contributed by atoms with Gasteiger partial charge in [-0.05, 0) is 56.4 Å². The minimum Gasteiger partial charge on any atom is -0.453 e. The summed E-state index contributed by atoms with van der Waals surface area (Å²) < 4.78 is 20.6. The van der Waals surface area contributed by atoms with Crippen molar-refractivity contribution in [3.8, 4) is 0 Å². The molecular weight excluding hydrogens is 531 g/mol. The number of aryl methyl sites for hydroxylation is 1. The van der Waals surface area contributed by atoms with Crippen molar-refractivity contribution in [2.24, 2.45) is 5.92 Å². The first-order valence-corrected chi connectivity index (χ1v) is 13.3. The summed E-state index contributed by atoms with van der Waals surface area (Å²) in [5, 5.41) is 5.08. The molecule has 3 N–H and O–H groups in total. The van der Waals surface area contributed by atoms with Crippen molar-refractivity contribution in [2.75, 3.05) is 26.5 Å². The number of aromatic nitrogens is 3. The summed E-state index contributed by atoms with van der Waals surface area (Å²) in [6.07, 6.45) is 4.40. The Kier molecular flexibility index (Phi) is 10.4. The van der Waals surface area contributed by atoms with Gasteiger partial charge in [0.15, 0.2) is 0 Å². The third-order valence-electron chi connectivity index (χ3n) is 6.47. The molecule has 0 saturated heterocycles. The molecule has 3 heterocycles. The van der Waals surface area contributed by atoms with Gasteiger partial charge in [0, 0.05) is 31.0 Å². The van der Waals surface area contributed by atoms with Gasteiger partial charge in [0.2, 0.25) is 11.8 Å². The fourth-order valence-corrected chi connectivity index (χ4v) is 4.26. The van der Waals surface area contributed by atoms with Crippen molar-refractivity contribution >= 4 is 34.6 Å². The van der Waals surface area contributed by atoms with Crippen molar-refractivity contribution in [2.45, 2.75) is 52.6 Å². The second-order valence-electron chi connectivity index (χ2n) is 10.4. The molecule has 0 aliphatic carbocycles. The minimum atomic E-state index is -1.02. The first kappa shape index (κ1) is 31.1. The van der Waals surface area contributed by atoms with Gasteiger partial charge >= 0.3 is 6.09 Å². The number of nitrogens with one attached hydrogen (secondary N) is 3. The molecule has 0 bridgehead atoms. The van der Waals surface area contributed by atoms with Crippen LogP contribution in [0.25, 0.3) is 11.0 Å². The number of fused-ring (bicyclic) bond motifs is 1. The molecule has 0 radical (unpaired) electrons. The first-order chi connectivity index (χ1) is 19.4. The number of allylic oxidation sites excluding steroid dienone is 1. The van der Waals surface area contributed by atoms with Crippen molar-refractivity contribution in [1.29, 1.82) is 0 Å². The van der Waals surface area contributed by atoms with E-state index in [1.807, 2.05) is 13.8 Å². The van der Waals surface area contributed by atoms with Crippen LogP contribution in [0.2, 0.25) is 0 Å². The highest BCUT2D eigenvalue weighted by atomic mass is 19.1. The summed E-state index contributed by atoms with van der Waals surface area (Å²) in [7, 11) is 4.42. The van der Waals surface area contributed by atoms with Gasteiger partial charge in [-0.2, -0.15) is 0 Å². The van der Waals surface area contributed by atoms with E-state index >= 15 is 0 Å². The molecule has 3 rings (SSSR count). The van der Waals surface area contributed by atoms with E-state index in [0.717, 1.165) is 0 Å². The van der Waals surface area contributed by atoms with E-state index in [0.29, 0.717) is 40.8 Å². The predicted molar refractivity (Wildman–Crippen MR) is 154 cm³/mol. The molecule has 1 unspecified atom stereocenters. The van der Waals surface area contributed by atoms with E-state index < -0.39 is 23.6 Å². The largest absolute Gasteiger partial charge is 0.453 e. The number of likely N-dealkylation sites (N-methyl/N-ethyl adjacent to an activating group) is 1. The molecule has 3 amide bonds. The zero-order chi connectivity index (χ0) is 30.3. The minimum absolute atomic E-state index is 0.0244. The quantitative estimate of drug-likeness (QED) is 0.303. The van der Waals surface area contributed by atoms with Crippen LogP contribution in [0.5, 0.6) is 0 Å². The van der Waals surface area contributed by atoms with Gasteiger partial charge < -0.3 is 29.8 Å². The number of carbonyl (C=O) groups excluding carboxylic acids is 3. The fourth-order valence-electron chi connectivity index (χ4n) is 4.26. The fraction of sp³-hybridized carbons (Fsp3) is 0.414. The number of methoxy groups -OCH3 is 1. The number of hydrogen-bond acceptors (Lipinski definition) is 6. The number of halogens is 1. The number of rotatable bonds is 11. The zero-order valence-corrected chi connectivity index (χ0v) is 24.2. The van der Waals surface area contributed by atoms with E-state index in [1.165, 1.54) is 34.9 Å². The second kappa shape index (κ2) is 13.7. The second-order valence-corrected chi connectivity index (χ2v) is 10.4. The molecule has 0 saturated carbocycles. The molecular formula is C29H37FN6O5. The highest BCUT2D eigenvalue weighted by Gasteiger charge is 2.22. The topological polar surface area (TPSA) is 138 Å². The van der Waals surface area contributed by atoms with Crippen molar-refractivity contribution < 1.29 is 23.5 Å². The number of carbonyl (C=O) groups is 3. The Hall–Kier alpha value is -4.48. The third kappa shape index (κ3) is 8.03. The average molecular weight is 569 g/mol. The number of anilines is 1. The molecule has 0 aliphatic rings. The lowest BCUT2D eigenvalue weighted by atomic mass is 10.0. The van der Waals surface area contributed by atoms with E-state index in [1.54, 1.807) is 39.2 Å². The molecule has 0 aromatic carbocycles. The molecule has 0 fully saturated rings. The van der Waals surface area contributed by atoms with E-state index in [4.69, 9.17) is 0 Å². The highest BCUT2D eigenvalue weighted by molar-refractivity contribution is 5.96. The predicted octanol–water partition coefficient (Wildman–Crippen LogP) is 3.51. The van der Waals surface area contributed by atoms with Gasteiger partial charge in [0.25, 0.3) is 5.56 Å². The van der Waals surface area contributed by atoms with E-state index in [-0.39, 0.29) is 36.3 Å². The summed E-state index contributed by atoms with van der Waals surface area (Å²) in [6.45, 7) is 5.92. The number of amides is 3. The SMILES string of the molecule is COC(=O)NC(CC/C=C/C(=O)N(C)C)C(=O)Nc1ccc(C)n(Cc2cc3ncc(F)c(CC(C)C)c3[nH]2)c1=O. The average Bonchev–Trinajstić information content (AvgIpc) is 3.34. The number of nitrogens with zero attached hydrogens (tertiary/aromatic N) is 3. The molecule has 0 aliphatic heterocycles. The number of pyridine rings is 2. The number of H-pyrrole nitrogens is 1. The maximum Gasteiger partial charge on any atom is 0.407 e. The highest BCUT2D eigenvalue weighted by Crippen LogP contribution is 2.23. The van der Waals surface area contributed by atoms with Gasteiger partial charge in [-0.15, -0.1) is 0 Å². The monoisotopic (exact) mass is 568 g/mol.